The molecule has 0 atom stereocenters. The molecule has 0 aliphatic carbocycles. The normalized spacial score (nSPS) is 10.4. The number of pyridine rings is 1. The number of halogens is 1. The second kappa shape index (κ2) is 5.75. The molecule has 3 rings (SSSR count). The lowest BCUT2D eigenvalue weighted by atomic mass is 10.2. The molecule has 0 aliphatic heterocycles. The highest BCUT2D eigenvalue weighted by Gasteiger charge is 1.99. The van der Waals surface area contributed by atoms with Crippen molar-refractivity contribution in [3.05, 3.63) is 71.6 Å². The molecular formula is C15H13ClN4. The molecule has 2 aromatic heterocycles. The number of nitrogens with one attached hydrogen (secondary N) is 1. The summed E-state index contributed by atoms with van der Waals surface area (Å²) in [6, 6.07) is 13.6. The summed E-state index contributed by atoms with van der Waals surface area (Å²) < 4.78 is 1.73. The summed E-state index contributed by atoms with van der Waals surface area (Å²) in [6.45, 7) is 0.736. The summed E-state index contributed by atoms with van der Waals surface area (Å²) in [5.41, 5.74) is 2.14. The van der Waals surface area contributed by atoms with E-state index in [2.05, 4.69) is 15.4 Å². The first kappa shape index (κ1) is 12.7. The van der Waals surface area contributed by atoms with Gasteiger partial charge in [-0.3, -0.25) is 0 Å². The molecule has 0 bridgehead atoms. The quantitative estimate of drug-likeness (QED) is 0.797. The predicted molar refractivity (Wildman–Crippen MR) is 80.1 cm³/mol. The van der Waals surface area contributed by atoms with Crippen LogP contribution in [0.15, 0.2) is 61.1 Å². The van der Waals surface area contributed by atoms with Crippen LogP contribution in [-0.4, -0.2) is 14.8 Å². The molecule has 2 heterocycles. The van der Waals surface area contributed by atoms with Crippen LogP contribution in [-0.2, 0) is 6.54 Å². The first-order valence-electron chi connectivity index (χ1n) is 6.26. The van der Waals surface area contributed by atoms with E-state index in [4.69, 9.17) is 11.6 Å². The average Bonchev–Trinajstić information content (AvgIpc) is 3.01. The topological polar surface area (TPSA) is 42.7 Å². The van der Waals surface area contributed by atoms with Gasteiger partial charge in [0.15, 0.2) is 5.82 Å². The SMILES string of the molecule is Clc1ccc(CNc2ccc(-n3cccn3)nc2)cc1. The van der Waals surface area contributed by atoms with Crippen molar-refractivity contribution in [3.8, 4) is 5.82 Å². The summed E-state index contributed by atoms with van der Waals surface area (Å²) in [5, 5.41) is 8.21. The molecule has 100 valence electrons. The summed E-state index contributed by atoms with van der Waals surface area (Å²) in [6.07, 6.45) is 5.39. The lowest BCUT2D eigenvalue weighted by Gasteiger charge is -2.07. The van der Waals surface area contributed by atoms with Crippen LogP contribution in [0.2, 0.25) is 5.02 Å². The van der Waals surface area contributed by atoms with Gasteiger partial charge in [-0.1, -0.05) is 23.7 Å². The van der Waals surface area contributed by atoms with E-state index in [1.807, 2.05) is 48.7 Å². The summed E-state index contributed by atoms with van der Waals surface area (Å²) >= 11 is 5.86. The molecule has 0 fully saturated rings. The van der Waals surface area contributed by atoms with E-state index in [0.29, 0.717) is 0 Å². The number of rotatable bonds is 4. The monoisotopic (exact) mass is 284 g/mol. The fourth-order valence-electron chi connectivity index (χ4n) is 1.84. The van der Waals surface area contributed by atoms with Gasteiger partial charge >= 0.3 is 0 Å². The van der Waals surface area contributed by atoms with Gasteiger partial charge in [-0.25, -0.2) is 9.67 Å². The molecule has 3 aromatic rings. The third-order valence-electron chi connectivity index (χ3n) is 2.90. The molecule has 4 nitrogen and oxygen atoms in total. The van der Waals surface area contributed by atoms with Gasteiger partial charge in [0.1, 0.15) is 0 Å². The standard InChI is InChI=1S/C15H13ClN4/c16-13-4-2-12(3-5-13)10-17-14-6-7-15(18-11-14)20-9-1-8-19-20/h1-9,11,17H,10H2. The highest BCUT2D eigenvalue weighted by molar-refractivity contribution is 6.30. The smallest absolute Gasteiger partial charge is 0.153 e. The Morgan fingerprint density at radius 1 is 1.10 bits per heavy atom. The number of anilines is 1. The van der Waals surface area contributed by atoms with Gasteiger partial charge in [0, 0.05) is 24.0 Å². The van der Waals surface area contributed by atoms with Crippen molar-refractivity contribution in [2.75, 3.05) is 5.32 Å². The Hall–Kier alpha value is -2.33. The molecule has 0 amide bonds. The van der Waals surface area contributed by atoms with Gasteiger partial charge in [0.25, 0.3) is 0 Å². The Morgan fingerprint density at radius 2 is 1.95 bits per heavy atom. The van der Waals surface area contributed by atoms with E-state index in [9.17, 15) is 0 Å². The van der Waals surface area contributed by atoms with Crippen molar-refractivity contribution >= 4 is 17.3 Å². The predicted octanol–water partition coefficient (Wildman–Crippen LogP) is 3.53. The highest BCUT2D eigenvalue weighted by atomic mass is 35.5. The van der Waals surface area contributed by atoms with E-state index >= 15 is 0 Å². The molecule has 1 N–H and O–H groups in total. The lowest BCUT2D eigenvalue weighted by molar-refractivity contribution is 0.847. The number of nitrogens with zero attached hydrogens (tertiary/aromatic N) is 3. The van der Waals surface area contributed by atoms with Crippen molar-refractivity contribution < 1.29 is 0 Å². The second-order valence-electron chi connectivity index (χ2n) is 4.34. The van der Waals surface area contributed by atoms with Gasteiger partial charge in [-0.15, -0.1) is 0 Å². The van der Waals surface area contributed by atoms with Gasteiger partial charge in [-0.05, 0) is 35.9 Å². The Morgan fingerprint density at radius 3 is 2.60 bits per heavy atom. The third kappa shape index (κ3) is 2.97. The number of benzene rings is 1. The Bertz CT molecular complexity index is 660. The van der Waals surface area contributed by atoms with Crippen molar-refractivity contribution in [3.63, 3.8) is 0 Å². The minimum absolute atomic E-state index is 0.736. The summed E-state index contributed by atoms with van der Waals surface area (Å²) in [7, 11) is 0. The Balaban J connectivity index is 1.65. The molecule has 0 radical (unpaired) electrons. The molecule has 5 heteroatoms. The third-order valence-corrected chi connectivity index (χ3v) is 3.15. The van der Waals surface area contributed by atoms with Crippen LogP contribution in [0.3, 0.4) is 0 Å². The van der Waals surface area contributed by atoms with Crippen molar-refractivity contribution in [2.24, 2.45) is 0 Å². The van der Waals surface area contributed by atoms with Gasteiger partial charge < -0.3 is 5.32 Å². The van der Waals surface area contributed by atoms with Crippen LogP contribution in [0, 0.1) is 0 Å². The molecule has 0 spiro atoms. The zero-order valence-corrected chi connectivity index (χ0v) is 11.5. The van der Waals surface area contributed by atoms with Gasteiger partial charge in [0.2, 0.25) is 0 Å². The minimum Gasteiger partial charge on any atom is -0.380 e. The maximum atomic E-state index is 5.86. The minimum atomic E-state index is 0.736. The fraction of sp³-hybridized carbons (Fsp3) is 0.0667. The molecular weight excluding hydrogens is 272 g/mol. The molecule has 20 heavy (non-hydrogen) atoms. The fourth-order valence-corrected chi connectivity index (χ4v) is 1.96. The molecule has 0 unspecified atom stereocenters. The highest BCUT2D eigenvalue weighted by Crippen LogP contribution is 2.13. The average molecular weight is 285 g/mol. The van der Waals surface area contributed by atoms with Crippen LogP contribution in [0.25, 0.3) is 5.82 Å². The van der Waals surface area contributed by atoms with Crippen molar-refractivity contribution in [1.82, 2.24) is 14.8 Å². The van der Waals surface area contributed by atoms with Crippen LogP contribution in [0.1, 0.15) is 5.56 Å². The maximum Gasteiger partial charge on any atom is 0.153 e. The maximum absolute atomic E-state index is 5.86. The number of hydrogen-bond donors (Lipinski definition) is 1. The van der Waals surface area contributed by atoms with Crippen LogP contribution in [0.4, 0.5) is 5.69 Å². The summed E-state index contributed by atoms with van der Waals surface area (Å²) in [4.78, 5) is 4.36. The van der Waals surface area contributed by atoms with E-state index in [1.54, 1.807) is 17.1 Å². The largest absolute Gasteiger partial charge is 0.380 e. The van der Waals surface area contributed by atoms with Crippen molar-refractivity contribution in [2.45, 2.75) is 6.54 Å². The van der Waals surface area contributed by atoms with Crippen LogP contribution >= 0.6 is 11.6 Å². The molecule has 0 saturated heterocycles. The first-order valence-corrected chi connectivity index (χ1v) is 6.63. The van der Waals surface area contributed by atoms with Gasteiger partial charge in [0.05, 0.1) is 11.9 Å². The van der Waals surface area contributed by atoms with E-state index < -0.39 is 0 Å². The zero-order chi connectivity index (χ0) is 13.8. The summed E-state index contributed by atoms with van der Waals surface area (Å²) in [5.74, 6) is 0.798. The Kier molecular flexibility index (Phi) is 3.65. The molecule has 0 aliphatic rings. The van der Waals surface area contributed by atoms with Crippen LogP contribution in [0.5, 0.6) is 0 Å². The lowest BCUT2D eigenvalue weighted by Crippen LogP contribution is -2.02. The number of aromatic nitrogens is 3. The van der Waals surface area contributed by atoms with E-state index in [1.165, 1.54) is 5.56 Å². The second-order valence-corrected chi connectivity index (χ2v) is 4.77. The number of hydrogen-bond acceptors (Lipinski definition) is 3. The molecule has 1 aromatic carbocycles. The zero-order valence-electron chi connectivity index (χ0n) is 10.7. The van der Waals surface area contributed by atoms with Crippen molar-refractivity contribution in [1.29, 1.82) is 0 Å². The first-order chi connectivity index (χ1) is 9.81. The van der Waals surface area contributed by atoms with E-state index in [0.717, 1.165) is 23.1 Å². The van der Waals surface area contributed by atoms with Gasteiger partial charge in [-0.2, -0.15) is 5.10 Å². The Labute approximate surface area is 122 Å². The molecule has 0 saturated carbocycles. The van der Waals surface area contributed by atoms with E-state index in [-0.39, 0.29) is 0 Å². The van der Waals surface area contributed by atoms with Crippen LogP contribution < -0.4 is 5.32 Å².